The van der Waals surface area contributed by atoms with Crippen LogP contribution in [0.5, 0.6) is 0 Å². The molecule has 4 nitrogen and oxygen atoms in total. The normalized spacial score (nSPS) is 22.5. The molecule has 0 saturated carbocycles. The fraction of sp³-hybridized carbons (Fsp3) is 0.368. The van der Waals surface area contributed by atoms with E-state index in [0.717, 1.165) is 49.3 Å². The molecule has 1 fully saturated rings. The molecule has 0 aliphatic carbocycles. The molecule has 0 radical (unpaired) electrons. The van der Waals surface area contributed by atoms with Gasteiger partial charge in [-0.2, -0.15) is 13.2 Å². The van der Waals surface area contributed by atoms with Crippen LogP contribution in [0.1, 0.15) is 29.9 Å². The number of halogens is 3. The summed E-state index contributed by atoms with van der Waals surface area (Å²) in [5.41, 5.74) is 0.601. The summed E-state index contributed by atoms with van der Waals surface area (Å²) in [7, 11) is -4.28. The highest BCUT2D eigenvalue weighted by Crippen LogP contribution is 2.42. The van der Waals surface area contributed by atoms with E-state index in [1.165, 1.54) is 18.2 Å². The van der Waals surface area contributed by atoms with Gasteiger partial charge in [0.05, 0.1) is 15.4 Å². The molecule has 2 N–H and O–H groups in total. The molecule has 2 aromatic rings. The predicted octanol–water partition coefficient (Wildman–Crippen LogP) is 3.80. The van der Waals surface area contributed by atoms with Gasteiger partial charge in [-0.25, -0.2) is 8.42 Å². The first-order chi connectivity index (χ1) is 12.8. The Bertz CT molecular complexity index is 973. The first-order valence-electron chi connectivity index (χ1n) is 8.81. The summed E-state index contributed by atoms with van der Waals surface area (Å²) in [6.07, 6.45) is -2.97. The summed E-state index contributed by atoms with van der Waals surface area (Å²) in [5.74, 6) is 0.156. The van der Waals surface area contributed by atoms with Gasteiger partial charge in [0.1, 0.15) is 0 Å². The second-order valence-corrected chi connectivity index (χ2v) is 8.85. The molecule has 0 unspecified atom stereocenters. The SMILES string of the molecule is O=S(=O)(c1ccc2c(c1)[C@H]1CCNCC[C@@H]1N2)c1ccccc1C(F)(F)F. The second-order valence-electron chi connectivity index (χ2n) is 6.93. The molecule has 2 atom stereocenters. The summed E-state index contributed by atoms with van der Waals surface area (Å²) < 4.78 is 65.9. The average Bonchev–Trinajstić information content (AvgIpc) is 2.81. The number of fused-ring (bicyclic) bond motifs is 3. The smallest absolute Gasteiger partial charge is 0.381 e. The molecule has 0 aromatic heterocycles. The third-order valence-electron chi connectivity index (χ3n) is 5.31. The van der Waals surface area contributed by atoms with Crippen molar-refractivity contribution >= 4 is 15.5 Å². The van der Waals surface area contributed by atoms with Crippen molar-refractivity contribution in [2.75, 3.05) is 18.4 Å². The second kappa shape index (κ2) is 6.53. The molecule has 27 heavy (non-hydrogen) atoms. The highest BCUT2D eigenvalue weighted by molar-refractivity contribution is 7.91. The predicted molar refractivity (Wildman–Crippen MR) is 95.6 cm³/mol. The van der Waals surface area contributed by atoms with Crippen molar-refractivity contribution in [1.29, 1.82) is 0 Å². The maximum atomic E-state index is 13.3. The molecule has 2 aliphatic heterocycles. The summed E-state index contributed by atoms with van der Waals surface area (Å²) in [6, 6.07) is 9.13. The van der Waals surface area contributed by atoms with Crippen LogP contribution in [0, 0.1) is 0 Å². The maximum Gasteiger partial charge on any atom is 0.417 e. The first-order valence-corrected chi connectivity index (χ1v) is 10.3. The van der Waals surface area contributed by atoms with Crippen LogP contribution >= 0.6 is 0 Å². The Balaban J connectivity index is 1.79. The third kappa shape index (κ3) is 3.21. The van der Waals surface area contributed by atoms with Gasteiger partial charge in [0.25, 0.3) is 0 Å². The quantitative estimate of drug-likeness (QED) is 0.811. The van der Waals surface area contributed by atoms with Crippen molar-refractivity contribution in [1.82, 2.24) is 5.32 Å². The van der Waals surface area contributed by atoms with Gasteiger partial charge in [-0.3, -0.25) is 0 Å². The van der Waals surface area contributed by atoms with Gasteiger partial charge in [-0.15, -0.1) is 0 Å². The van der Waals surface area contributed by atoms with Crippen LogP contribution in [0.25, 0.3) is 0 Å². The molecule has 0 spiro atoms. The van der Waals surface area contributed by atoms with E-state index in [4.69, 9.17) is 0 Å². The Kier molecular flexibility index (Phi) is 4.43. The van der Waals surface area contributed by atoms with Gasteiger partial charge in [0, 0.05) is 17.6 Å². The molecular formula is C19H19F3N2O2S. The lowest BCUT2D eigenvalue weighted by Gasteiger charge is -2.16. The van der Waals surface area contributed by atoms with Crippen LogP contribution in [0.3, 0.4) is 0 Å². The molecule has 144 valence electrons. The zero-order chi connectivity index (χ0) is 19.2. The molecule has 2 aromatic carbocycles. The minimum absolute atomic E-state index is 0.0994. The molecule has 8 heteroatoms. The van der Waals surface area contributed by atoms with Gasteiger partial charge in [0.15, 0.2) is 0 Å². The van der Waals surface area contributed by atoms with E-state index in [0.29, 0.717) is 0 Å². The Labute approximate surface area is 155 Å². The van der Waals surface area contributed by atoms with Crippen LogP contribution < -0.4 is 10.6 Å². The average molecular weight is 396 g/mol. The number of sulfone groups is 1. The van der Waals surface area contributed by atoms with Crippen molar-refractivity contribution < 1.29 is 21.6 Å². The largest absolute Gasteiger partial charge is 0.417 e. The van der Waals surface area contributed by atoms with E-state index < -0.39 is 26.5 Å². The number of hydrogen-bond acceptors (Lipinski definition) is 4. The summed E-state index contributed by atoms with van der Waals surface area (Å²) in [4.78, 5) is -0.805. The van der Waals surface area contributed by atoms with Gasteiger partial charge >= 0.3 is 6.18 Å². The van der Waals surface area contributed by atoms with Gasteiger partial charge < -0.3 is 10.6 Å². The van der Waals surface area contributed by atoms with E-state index in [9.17, 15) is 21.6 Å². The Morgan fingerprint density at radius 2 is 1.74 bits per heavy atom. The Morgan fingerprint density at radius 1 is 1.00 bits per heavy atom. The first kappa shape index (κ1) is 18.3. The number of anilines is 1. The van der Waals surface area contributed by atoms with Gasteiger partial charge in [-0.1, -0.05) is 12.1 Å². The maximum absolute atomic E-state index is 13.3. The molecule has 0 bridgehead atoms. The highest BCUT2D eigenvalue weighted by Gasteiger charge is 2.38. The van der Waals surface area contributed by atoms with Crippen molar-refractivity contribution in [3.63, 3.8) is 0 Å². The van der Waals surface area contributed by atoms with E-state index in [2.05, 4.69) is 10.6 Å². The van der Waals surface area contributed by atoms with Crippen LogP contribution in [-0.4, -0.2) is 27.5 Å². The molecular weight excluding hydrogens is 377 g/mol. The highest BCUT2D eigenvalue weighted by atomic mass is 32.2. The molecule has 2 aliphatic rings. The van der Waals surface area contributed by atoms with Gasteiger partial charge in [-0.05, 0) is 61.8 Å². The summed E-state index contributed by atoms with van der Waals surface area (Å²) in [5, 5.41) is 6.73. The number of hydrogen-bond donors (Lipinski definition) is 2. The van der Waals surface area contributed by atoms with Crippen LogP contribution in [0.15, 0.2) is 52.3 Å². The lowest BCUT2D eigenvalue weighted by molar-refractivity contribution is -0.139. The van der Waals surface area contributed by atoms with E-state index in [1.807, 2.05) is 0 Å². The fourth-order valence-corrected chi connectivity index (χ4v) is 5.51. The molecule has 4 rings (SSSR count). The monoisotopic (exact) mass is 396 g/mol. The number of nitrogens with one attached hydrogen (secondary N) is 2. The minimum atomic E-state index is -4.74. The van der Waals surface area contributed by atoms with Crippen molar-refractivity contribution in [2.45, 2.75) is 40.8 Å². The van der Waals surface area contributed by atoms with Crippen molar-refractivity contribution in [2.24, 2.45) is 0 Å². The zero-order valence-corrected chi connectivity index (χ0v) is 15.2. The Morgan fingerprint density at radius 3 is 2.52 bits per heavy atom. The van der Waals surface area contributed by atoms with Crippen LogP contribution in [0.2, 0.25) is 0 Å². The van der Waals surface area contributed by atoms with Crippen LogP contribution in [-0.2, 0) is 16.0 Å². The van der Waals surface area contributed by atoms with E-state index in [-0.39, 0.29) is 16.9 Å². The number of benzene rings is 2. The lowest BCUT2D eigenvalue weighted by Crippen LogP contribution is -2.21. The standard InChI is InChI=1S/C19H19F3N2O2S/c20-19(21,22)15-3-1-2-4-18(15)27(25,26)12-5-6-16-14(11-12)13-7-9-23-10-8-17(13)24-16/h1-6,11,13,17,23-24H,7-10H2/t13-,17+/m1/s1. The number of rotatable bonds is 2. The number of alkyl halides is 3. The molecule has 0 amide bonds. The third-order valence-corrected chi connectivity index (χ3v) is 7.12. The minimum Gasteiger partial charge on any atom is -0.381 e. The fourth-order valence-electron chi connectivity index (χ4n) is 4.00. The van der Waals surface area contributed by atoms with Crippen LogP contribution in [0.4, 0.5) is 18.9 Å². The lowest BCUT2D eigenvalue weighted by atomic mass is 9.91. The van der Waals surface area contributed by atoms with E-state index >= 15 is 0 Å². The van der Waals surface area contributed by atoms with Crippen molar-refractivity contribution in [3.05, 3.63) is 53.6 Å². The topological polar surface area (TPSA) is 58.2 Å². The Hall–Kier alpha value is -2.06. The van der Waals surface area contributed by atoms with Gasteiger partial charge in [0.2, 0.25) is 9.84 Å². The van der Waals surface area contributed by atoms with Crippen molar-refractivity contribution in [3.8, 4) is 0 Å². The molecule has 1 saturated heterocycles. The summed E-state index contributed by atoms with van der Waals surface area (Å²) >= 11 is 0. The zero-order valence-electron chi connectivity index (χ0n) is 14.4. The molecule has 2 heterocycles. The van der Waals surface area contributed by atoms with E-state index in [1.54, 1.807) is 12.1 Å². The summed E-state index contributed by atoms with van der Waals surface area (Å²) in [6.45, 7) is 1.71.